The van der Waals surface area contributed by atoms with Crippen LogP contribution in [0.15, 0.2) is 48.5 Å². The Morgan fingerprint density at radius 2 is 1.67 bits per heavy atom. The predicted octanol–water partition coefficient (Wildman–Crippen LogP) is 3.46. The number of nitriles is 1. The maximum atomic E-state index is 12.2. The van der Waals surface area contributed by atoms with E-state index in [9.17, 15) is 9.59 Å². The number of hydrogen-bond donors (Lipinski definition) is 1. The third kappa shape index (κ3) is 5.86. The van der Waals surface area contributed by atoms with E-state index in [2.05, 4.69) is 12.2 Å². The Hall–Kier alpha value is -3.33. The molecule has 2 aromatic rings. The second-order valence-electron chi connectivity index (χ2n) is 6.02. The standard InChI is InChI=1S/C21H22N2O4/c1-4-16-5-9-18(10-6-16)23-20(24)14(2)27-21(25)15(3)26-19-11-7-17(13-22)8-12-19/h5-12,14-15H,4H2,1-3H3,(H,23,24)/t14-,15-/m0/s1. The molecule has 0 aliphatic heterocycles. The van der Waals surface area contributed by atoms with Crippen LogP contribution in [-0.2, 0) is 20.7 Å². The van der Waals surface area contributed by atoms with Crippen LogP contribution in [0.25, 0.3) is 0 Å². The summed E-state index contributed by atoms with van der Waals surface area (Å²) in [4.78, 5) is 24.3. The van der Waals surface area contributed by atoms with Crippen molar-refractivity contribution >= 4 is 17.6 Å². The van der Waals surface area contributed by atoms with Gasteiger partial charge in [0.05, 0.1) is 11.6 Å². The number of benzene rings is 2. The molecule has 2 atom stereocenters. The van der Waals surface area contributed by atoms with Gasteiger partial charge in [0, 0.05) is 5.69 Å². The van der Waals surface area contributed by atoms with Crippen molar-refractivity contribution in [2.45, 2.75) is 39.4 Å². The fourth-order valence-corrected chi connectivity index (χ4v) is 2.25. The maximum absolute atomic E-state index is 12.2. The lowest BCUT2D eigenvalue weighted by atomic mass is 10.1. The van der Waals surface area contributed by atoms with Crippen LogP contribution < -0.4 is 10.1 Å². The summed E-state index contributed by atoms with van der Waals surface area (Å²) < 4.78 is 10.7. The van der Waals surface area contributed by atoms with Gasteiger partial charge in [-0.2, -0.15) is 5.26 Å². The molecule has 0 heterocycles. The number of nitrogens with zero attached hydrogens (tertiary/aromatic N) is 1. The molecule has 0 aromatic heterocycles. The number of ether oxygens (including phenoxy) is 2. The lowest BCUT2D eigenvalue weighted by Gasteiger charge is -2.18. The Kier molecular flexibility index (Phi) is 6.95. The second-order valence-corrected chi connectivity index (χ2v) is 6.02. The van der Waals surface area contributed by atoms with Crippen LogP contribution in [-0.4, -0.2) is 24.1 Å². The van der Waals surface area contributed by atoms with E-state index >= 15 is 0 Å². The summed E-state index contributed by atoms with van der Waals surface area (Å²) in [5.74, 6) is -0.631. The molecular formula is C21H22N2O4. The molecule has 1 amide bonds. The zero-order chi connectivity index (χ0) is 19.8. The number of amides is 1. The molecule has 1 N–H and O–H groups in total. The molecule has 0 radical (unpaired) electrons. The largest absolute Gasteiger partial charge is 0.479 e. The van der Waals surface area contributed by atoms with Gasteiger partial charge in [-0.25, -0.2) is 4.79 Å². The number of aryl methyl sites for hydroxylation is 1. The SMILES string of the molecule is CCc1ccc(NC(=O)[C@H](C)OC(=O)[C@H](C)Oc2ccc(C#N)cc2)cc1. The smallest absolute Gasteiger partial charge is 0.347 e. The average molecular weight is 366 g/mol. The summed E-state index contributed by atoms with van der Waals surface area (Å²) >= 11 is 0. The average Bonchev–Trinajstić information content (AvgIpc) is 2.68. The first-order valence-corrected chi connectivity index (χ1v) is 8.70. The molecular weight excluding hydrogens is 344 g/mol. The normalized spacial score (nSPS) is 12.4. The van der Waals surface area contributed by atoms with Crippen molar-refractivity contribution < 1.29 is 19.1 Å². The lowest BCUT2D eigenvalue weighted by molar-refractivity contribution is -0.159. The zero-order valence-electron chi connectivity index (χ0n) is 15.6. The molecule has 0 saturated heterocycles. The molecule has 2 rings (SSSR count). The van der Waals surface area contributed by atoms with Gasteiger partial charge in [0.2, 0.25) is 0 Å². The summed E-state index contributed by atoms with van der Waals surface area (Å²) in [6.07, 6.45) is -0.938. The second kappa shape index (κ2) is 9.39. The van der Waals surface area contributed by atoms with Gasteiger partial charge in [-0.1, -0.05) is 19.1 Å². The monoisotopic (exact) mass is 366 g/mol. The van der Waals surface area contributed by atoms with Gasteiger partial charge in [0.1, 0.15) is 5.75 Å². The van der Waals surface area contributed by atoms with Crippen molar-refractivity contribution in [3.63, 3.8) is 0 Å². The first-order valence-electron chi connectivity index (χ1n) is 8.70. The van der Waals surface area contributed by atoms with E-state index in [1.54, 1.807) is 24.3 Å². The molecule has 6 heteroatoms. The number of hydrogen-bond acceptors (Lipinski definition) is 5. The van der Waals surface area contributed by atoms with Crippen molar-refractivity contribution in [1.29, 1.82) is 5.26 Å². The maximum Gasteiger partial charge on any atom is 0.347 e. The number of rotatable bonds is 7. The third-order valence-electron chi connectivity index (χ3n) is 3.92. The minimum atomic E-state index is -0.963. The third-order valence-corrected chi connectivity index (χ3v) is 3.92. The number of carbonyl (C=O) groups excluding carboxylic acids is 2. The number of carbonyl (C=O) groups is 2. The van der Waals surface area contributed by atoms with Gasteiger partial charge in [-0.3, -0.25) is 4.79 Å². The summed E-state index contributed by atoms with van der Waals surface area (Å²) in [5, 5.41) is 11.5. The topological polar surface area (TPSA) is 88.4 Å². The minimum absolute atomic E-state index is 0.418. The summed E-state index contributed by atoms with van der Waals surface area (Å²) in [7, 11) is 0. The Balaban J connectivity index is 1.86. The van der Waals surface area contributed by atoms with Gasteiger partial charge in [-0.05, 0) is 62.2 Å². The number of nitrogens with one attached hydrogen (secondary N) is 1. The lowest BCUT2D eigenvalue weighted by Crippen LogP contribution is -2.35. The molecule has 0 spiro atoms. The van der Waals surface area contributed by atoms with Crippen molar-refractivity contribution in [2.75, 3.05) is 5.32 Å². The Labute approximate surface area is 158 Å². The predicted molar refractivity (Wildman–Crippen MR) is 101 cm³/mol. The van der Waals surface area contributed by atoms with Crippen LogP contribution in [0.4, 0.5) is 5.69 Å². The van der Waals surface area contributed by atoms with Crippen molar-refractivity contribution in [3.05, 3.63) is 59.7 Å². The highest BCUT2D eigenvalue weighted by Crippen LogP contribution is 2.15. The van der Waals surface area contributed by atoms with Crippen LogP contribution in [0.2, 0.25) is 0 Å². The Morgan fingerprint density at radius 3 is 2.22 bits per heavy atom. The van der Waals surface area contributed by atoms with Crippen LogP contribution >= 0.6 is 0 Å². The van der Waals surface area contributed by atoms with Gasteiger partial charge in [0.15, 0.2) is 12.2 Å². The van der Waals surface area contributed by atoms with Gasteiger partial charge in [-0.15, -0.1) is 0 Å². The van der Waals surface area contributed by atoms with Crippen molar-refractivity contribution in [2.24, 2.45) is 0 Å². The fourth-order valence-electron chi connectivity index (χ4n) is 2.25. The zero-order valence-corrected chi connectivity index (χ0v) is 15.6. The molecule has 0 unspecified atom stereocenters. The summed E-state index contributed by atoms with van der Waals surface area (Å²) in [6.45, 7) is 5.09. The van der Waals surface area contributed by atoms with Gasteiger partial charge < -0.3 is 14.8 Å². The van der Waals surface area contributed by atoms with E-state index in [1.165, 1.54) is 19.4 Å². The molecule has 0 aliphatic rings. The van der Waals surface area contributed by atoms with E-state index in [4.69, 9.17) is 14.7 Å². The fraction of sp³-hybridized carbons (Fsp3) is 0.286. The van der Waals surface area contributed by atoms with Gasteiger partial charge in [0.25, 0.3) is 5.91 Å². The quantitative estimate of drug-likeness (QED) is 0.758. The number of esters is 1. The first-order chi connectivity index (χ1) is 12.9. The summed E-state index contributed by atoms with van der Waals surface area (Å²) in [5.41, 5.74) is 2.30. The molecule has 0 aliphatic carbocycles. The number of anilines is 1. The minimum Gasteiger partial charge on any atom is -0.479 e. The van der Waals surface area contributed by atoms with Crippen LogP contribution in [0, 0.1) is 11.3 Å². The summed E-state index contributed by atoms with van der Waals surface area (Å²) in [6, 6.07) is 15.9. The van der Waals surface area contributed by atoms with Crippen LogP contribution in [0.3, 0.4) is 0 Å². The Morgan fingerprint density at radius 1 is 1.04 bits per heavy atom. The van der Waals surface area contributed by atoms with E-state index < -0.39 is 24.1 Å². The molecule has 0 saturated carbocycles. The first kappa shape index (κ1) is 20.0. The van der Waals surface area contributed by atoms with Crippen molar-refractivity contribution in [3.8, 4) is 11.8 Å². The molecule has 27 heavy (non-hydrogen) atoms. The van der Waals surface area contributed by atoms with Crippen LogP contribution in [0.1, 0.15) is 31.9 Å². The van der Waals surface area contributed by atoms with Crippen molar-refractivity contribution in [1.82, 2.24) is 0 Å². The molecule has 2 aromatic carbocycles. The van der Waals surface area contributed by atoms with E-state index in [-0.39, 0.29) is 0 Å². The van der Waals surface area contributed by atoms with E-state index in [0.29, 0.717) is 17.0 Å². The molecule has 140 valence electrons. The molecule has 0 bridgehead atoms. The van der Waals surface area contributed by atoms with E-state index in [0.717, 1.165) is 6.42 Å². The highest BCUT2D eigenvalue weighted by Gasteiger charge is 2.23. The van der Waals surface area contributed by atoms with Crippen LogP contribution in [0.5, 0.6) is 5.75 Å². The van der Waals surface area contributed by atoms with Gasteiger partial charge >= 0.3 is 5.97 Å². The Bertz CT molecular complexity index is 823. The molecule has 6 nitrogen and oxygen atoms in total. The van der Waals surface area contributed by atoms with E-state index in [1.807, 2.05) is 30.3 Å². The highest BCUT2D eigenvalue weighted by molar-refractivity contribution is 5.95. The molecule has 0 fully saturated rings. The highest BCUT2D eigenvalue weighted by atomic mass is 16.6.